The van der Waals surface area contributed by atoms with E-state index in [0.29, 0.717) is 4.90 Å². The van der Waals surface area contributed by atoms with Gasteiger partial charge in [0.15, 0.2) is 6.04 Å². The number of aliphatic carboxylic acids is 1. The maximum atomic E-state index is 13.7. The van der Waals surface area contributed by atoms with Crippen LogP contribution >= 0.6 is 0 Å². The minimum absolute atomic E-state index is 0.00532. The number of carboxylic acids is 1. The van der Waals surface area contributed by atoms with Crippen molar-refractivity contribution in [2.75, 3.05) is 6.54 Å². The molecule has 1 atom stereocenters. The van der Waals surface area contributed by atoms with Gasteiger partial charge in [-0.05, 0) is 29.8 Å². The van der Waals surface area contributed by atoms with Gasteiger partial charge in [-0.2, -0.15) is 13.2 Å². The third kappa shape index (κ3) is 4.81. The largest absolute Gasteiger partial charge is 0.481 e. The second kappa shape index (κ2) is 7.99. The highest BCUT2D eigenvalue weighted by Crippen LogP contribution is 2.38. The summed E-state index contributed by atoms with van der Waals surface area (Å²) in [5, 5.41) is 8.84. The molecule has 2 aromatic carbocycles. The van der Waals surface area contributed by atoms with E-state index in [1.165, 1.54) is 24.3 Å². The molecule has 0 aromatic heterocycles. The number of alkyl halides is 3. The zero-order chi connectivity index (χ0) is 19.3. The van der Waals surface area contributed by atoms with Gasteiger partial charge >= 0.3 is 12.1 Å². The first-order chi connectivity index (χ1) is 12.2. The Hall–Kier alpha value is -2.90. The summed E-state index contributed by atoms with van der Waals surface area (Å²) >= 11 is 0. The number of rotatable bonds is 6. The number of hydrogen-bond donors (Lipinski definition) is 1. The first kappa shape index (κ1) is 19.4. The van der Waals surface area contributed by atoms with Crippen LogP contribution in [-0.2, 0) is 4.79 Å². The van der Waals surface area contributed by atoms with E-state index in [0.717, 1.165) is 24.3 Å². The summed E-state index contributed by atoms with van der Waals surface area (Å²) in [4.78, 5) is 23.9. The Morgan fingerprint density at radius 3 is 2.08 bits per heavy atom. The Labute approximate surface area is 146 Å². The zero-order valence-corrected chi connectivity index (χ0v) is 13.4. The van der Waals surface area contributed by atoms with Crippen LogP contribution in [-0.4, -0.2) is 34.6 Å². The molecular formula is C18H15F4NO3. The predicted molar refractivity (Wildman–Crippen MR) is 84.9 cm³/mol. The monoisotopic (exact) mass is 369 g/mol. The molecule has 0 saturated carbocycles. The second-order valence-electron chi connectivity index (χ2n) is 5.50. The summed E-state index contributed by atoms with van der Waals surface area (Å²) < 4.78 is 54.3. The molecule has 0 radical (unpaired) electrons. The van der Waals surface area contributed by atoms with Crippen LogP contribution < -0.4 is 0 Å². The number of nitrogens with zero attached hydrogens (tertiary/aromatic N) is 1. The molecule has 0 bridgehead atoms. The summed E-state index contributed by atoms with van der Waals surface area (Å²) in [7, 11) is 0. The van der Waals surface area contributed by atoms with Crippen LogP contribution in [0.15, 0.2) is 54.6 Å². The van der Waals surface area contributed by atoms with Crippen molar-refractivity contribution >= 4 is 11.9 Å². The van der Waals surface area contributed by atoms with E-state index in [4.69, 9.17) is 5.11 Å². The Morgan fingerprint density at radius 2 is 1.58 bits per heavy atom. The lowest BCUT2D eigenvalue weighted by Gasteiger charge is -2.33. The quantitative estimate of drug-likeness (QED) is 0.782. The SMILES string of the molecule is O=C(O)CCN(C(=O)c1ccccc1)C(c1ccc(F)cc1)C(F)(F)F. The van der Waals surface area contributed by atoms with E-state index in [9.17, 15) is 27.2 Å². The van der Waals surface area contributed by atoms with Gasteiger partial charge in [-0.1, -0.05) is 30.3 Å². The molecule has 1 unspecified atom stereocenters. The molecule has 4 nitrogen and oxygen atoms in total. The van der Waals surface area contributed by atoms with Crippen molar-refractivity contribution in [3.63, 3.8) is 0 Å². The minimum atomic E-state index is -4.87. The smallest absolute Gasteiger partial charge is 0.413 e. The summed E-state index contributed by atoms with van der Waals surface area (Å²) in [6.45, 7) is -0.648. The summed E-state index contributed by atoms with van der Waals surface area (Å²) in [5.41, 5.74) is -0.358. The average molecular weight is 369 g/mol. The Kier molecular flexibility index (Phi) is 5.97. The zero-order valence-electron chi connectivity index (χ0n) is 13.4. The predicted octanol–water partition coefficient (Wildman–Crippen LogP) is 4.05. The Bertz CT molecular complexity index is 760. The fraction of sp³-hybridized carbons (Fsp3) is 0.222. The highest BCUT2D eigenvalue weighted by atomic mass is 19.4. The van der Waals surface area contributed by atoms with Crippen LogP contribution in [0.25, 0.3) is 0 Å². The van der Waals surface area contributed by atoms with E-state index in [-0.39, 0.29) is 11.1 Å². The average Bonchev–Trinajstić information content (AvgIpc) is 2.58. The van der Waals surface area contributed by atoms with Gasteiger partial charge < -0.3 is 10.0 Å². The van der Waals surface area contributed by atoms with E-state index in [1.807, 2.05) is 0 Å². The fourth-order valence-electron chi connectivity index (χ4n) is 2.50. The van der Waals surface area contributed by atoms with Crippen molar-refractivity contribution < 1.29 is 32.3 Å². The molecule has 2 aromatic rings. The van der Waals surface area contributed by atoms with Crippen molar-refractivity contribution in [1.82, 2.24) is 4.90 Å². The maximum absolute atomic E-state index is 13.7. The van der Waals surface area contributed by atoms with Crippen LogP contribution in [0.2, 0.25) is 0 Å². The van der Waals surface area contributed by atoms with Crippen molar-refractivity contribution in [1.29, 1.82) is 0 Å². The van der Waals surface area contributed by atoms with Gasteiger partial charge in [-0.25, -0.2) is 4.39 Å². The first-order valence-electron chi connectivity index (χ1n) is 7.60. The molecular weight excluding hydrogens is 354 g/mol. The number of carboxylic acid groups (broad SMARTS) is 1. The normalized spacial score (nSPS) is 12.5. The number of amides is 1. The van der Waals surface area contributed by atoms with Crippen LogP contribution in [0.5, 0.6) is 0 Å². The van der Waals surface area contributed by atoms with Gasteiger partial charge in [-0.3, -0.25) is 9.59 Å². The lowest BCUT2D eigenvalue weighted by molar-refractivity contribution is -0.180. The molecule has 0 aliphatic heterocycles. The van der Waals surface area contributed by atoms with Gasteiger partial charge in [0.25, 0.3) is 5.91 Å². The Morgan fingerprint density at radius 1 is 1.00 bits per heavy atom. The molecule has 26 heavy (non-hydrogen) atoms. The van der Waals surface area contributed by atoms with Crippen LogP contribution in [0, 0.1) is 5.82 Å². The lowest BCUT2D eigenvalue weighted by Crippen LogP contribution is -2.43. The van der Waals surface area contributed by atoms with Crippen molar-refractivity contribution in [2.24, 2.45) is 0 Å². The molecule has 0 saturated heterocycles. The third-order valence-corrected chi connectivity index (χ3v) is 3.66. The van der Waals surface area contributed by atoms with E-state index >= 15 is 0 Å². The fourth-order valence-corrected chi connectivity index (χ4v) is 2.50. The minimum Gasteiger partial charge on any atom is -0.481 e. The molecule has 0 fully saturated rings. The number of carbonyl (C=O) groups is 2. The molecule has 138 valence electrons. The molecule has 0 aliphatic rings. The van der Waals surface area contributed by atoms with Gasteiger partial charge in [0, 0.05) is 12.1 Å². The molecule has 1 amide bonds. The van der Waals surface area contributed by atoms with Crippen LogP contribution in [0.1, 0.15) is 28.4 Å². The van der Waals surface area contributed by atoms with Crippen molar-refractivity contribution in [3.8, 4) is 0 Å². The van der Waals surface area contributed by atoms with Crippen LogP contribution in [0.3, 0.4) is 0 Å². The van der Waals surface area contributed by atoms with E-state index in [2.05, 4.69) is 0 Å². The first-order valence-corrected chi connectivity index (χ1v) is 7.60. The van der Waals surface area contributed by atoms with Gasteiger partial charge in [-0.15, -0.1) is 0 Å². The summed E-state index contributed by atoms with van der Waals surface area (Å²) in [5.74, 6) is -3.02. The van der Waals surface area contributed by atoms with Crippen molar-refractivity contribution in [3.05, 3.63) is 71.5 Å². The van der Waals surface area contributed by atoms with Crippen LogP contribution in [0.4, 0.5) is 17.6 Å². The molecule has 2 rings (SSSR count). The Balaban J connectivity index is 2.48. The standard InChI is InChI=1S/C18H15F4NO3/c19-14-8-6-12(7-9-14)16(18(20,21)22)23(11-10-15(24)25)17(26)13-4-2-1-3-5-13/h1-9,16H,10-11H2,(H,24,25). The summed E-state index contributed by atoms with van der Waals surface area (Å²) in [6.07, 6.45) is -5.53. The van der Waals surface area contributed by atoms with Gasteiger partial charge in [0.1, 0.15) is 5.82 Å². The molecule has 1 N–H and O–H groups in total. The number of halogens is 4. The molecule has 8 heteroatoms. The van der Waals surface area contributed by atoms with E-state index < -0.39 is 42.9 Å². The third-order valence-electron chi connectivity index (χ3n) is 3.66. The highest BCUT2D eigenvalue weighted by molar-refractivity contribution is 5.94. The van der Waals surface area contributed by atoms with E-state index in [1.54, 1.807) is 6.07 Å². The maximum Gasteiger partial charge on any atom is 0.413 e. The summed E-state index contributed by atoms with van der Waals surface area (Å²) in [6, 6.07) is 8.44. The van der Waals surface area contributed by atoms with Gasteiger partial charge in [0.2, 0.25) is 0 Å². The number of benzene rings is 2. The second-order valence-corrected chi connectivity index (χ2v) is 5.50. The highest BCUT2D eigenvalue weighted by Gasteiger charge is 2.46. The lowest BCUT2D eigenvalue weighted by atomic mass is 10.0. The number of carbonyl (C=O) groups excluding carboxylic acids is 1. The molecule has 0 heterocycles. The topological polar surface area (TPSA) is 57.6 Å². The molecule has 0 aliphatic carbocycles. The van der Waals surface area contributed by atoms with Gasteiger partial charge in [0.05, 0.1) is 6.42 Å². The number of hydrogen-bond acceptors (Lipinski definition) is 2. The molecule has 0 spiro atoms. The van der Waals surface area contributed by atoms with Crippen molar-refractivity contribution in [2.45, 2.75) is 18.6 Å².